The minimum absolute atomic E-state index is 0.255. The van der Waals surface area contributed by atoms with Crippen LogP contribution in [0.25, 0.3) is 0 Å². The first kappa shape index (κ1) is 26.8. The third-order valence-electron chi connectivity index (χ3n) is 6.31. The minimum Gasteiger partial charge on any atom is -0.496 e. The van der Waals surface area contributed by atoms with Gasteiger partial charge in [-0.3, -0.25) is 0 Å². The van der Waals surface area contributed by atoms with Crippen molar-refractivity contribution in [1.82, 2.24) is 0 Å². The van der Waals surface area contributed by atoms with Crippen molar-refractivity contribution in [3.63, 3.8) is 0 Å². The van der Waals surface area contributed by atoms with Crippen molar-refractivity contribution < 1.29 is 18.4 Å². The molecule has 1 unspecified atom stereocenters. The summed E-state index contributed by atoms with van der Waals surface area (Å²) in [6, 6.07) is 28.5. The van der Waals surface area contributed by atoms with Crippen molar-refractivity contribution in [2.75, 3.05) is 26.6 Å². The number of hydrogen-bond donors (Lipinski definition) is 1. The zero-order valence-corrected chi connectivity index (χ0v) is 22.7. The Hall–Kier alpha value is -4.28. The highest BCUT2D eigenvalue weighted by atomic mass is 32.2. The van der Waals surface area contributed by atoms with E-state index in [1.165, 1.54) is 0 Å². The normalized spacial score (nSPS) is 12.2. The van der Waals surface area contributed by atoms with Crippen LogP contribution in [0.15, 0.2) is 94.7 Å². The Balaban J connectivity index is 1.77. The number of anilines is 1. The zero-order chi connectivity index (χ0) is 27.1. The van der Waals surface area contributed by atoms with Gasteiger partial charge >= 0.3 is 0 Å². The third-order valence-corrected chi connectivity index (χ3v) is 7.81. The topological polar surface area (TPSA) is 80.6 Å². The molecule has 0 amide bonds. The first-order chi connectivity index (χ1) is 18.5. The van der Waals surface area contributed by atoms with E-state index in [0.717, 1.165) is 26.5 Å². The molecule has 0 saturated heterocycles. The Bertz CT molecular complexity index is 1440. The smallest absolute Gasteiger partial charge is 0.149 e. The Morgan fingerprint density at radius 3 is 2.08 bits per heavy atom. The van der Waals surface area contributed by atoms with Gasteiger partial charge in [-0.2, -0.15) is 5.26 Å². The van der Waals surface area contributed by atoms with Gasteiger partial charge in [0.2, 0.25) is 0 Å². The van der Waals surface area contributed by atoms with E-state index in [9.17, 15) is 9.47 Å². The van der Waals surface area contributed by atoms with Gasteiger partial charge in [-0.1, -0.05) is 48.0 Å². The van der Waals surface area contributed by atoms with Crippen LogP contribution in [0.2, 0.25) is 0 Å². The molecule has 194 valence electrons. The van der Waals surface area contributed by atoms with Crippen molar-refractivity contribution in [3.8, 4) is 23.3 Å². The molecule has 4 aromatic rings. The van der Waals surface area contributed by atoms with Crippen molar-refractivity contribution in [2.24, 2.45) is 0 Å². The van der Waals surface area contributed by atoms with Gasteiger partial charge in [-0.05, 0) is 54.8 Å². The first-order valence-electron chi connectivity index (χ1n) is 12.1. The summed E-state index contributed by atoms with van der Waals surface area (Å²) in [4.78, 5) is 1.51. The summed E-state index contributed by atoms with van der Waals surface area (Å²) in [5.74, 6) is 1.74. The van der Waals surface area contributed by atoms with E-state index < -0.39 is 10.8 Å². The van der Waals surface area contributed by atoms with E-state index in [-0.39, 0.29) is 6.04 Å². The summed E-state index contributed by atoms with van der Waals surface area (Å²) >= 11 is 0. The summed E-state index contributed by atoms with van der Waals surface area (Å²) in [6.45, 7) is 2.01. The average molecular weight is 527 g/mol. The second-order valence-corrected chi connectivity index (χ2v) is 10.2. The zero-order valence-electron chi connectivity index (χ0n) is 21.9. The molecule has 0 aliphatic rings. The molecule has 0 aromatic heterocycles. The number of benzene rings is 4. The molecule has 0 radical (unpaired) electrons. The molecule has 4 rings (SSSR count). The maximum Gasteiger partial charge on any atom is 0.149 e. The number of nitrogens with one attached hydrogen (secondary N) is 1. The van der Waals surface area contributed by atoms with Gasteiger partial charge in [0.25, 0.3) is 0 Å². The number of methoxy groups -OCH3 is 3. The predicted octanol–water partition coefficient (Wildman–Crippen LogP) is 6.46. The summed E-state index contributed by atoms with van der Waals surface area (Å²) in [6.07, 6.45) is 0.526. The van der Waals surface area contributed by atoms with Crippen LogP contribution < -0.4 is 19.5 Å². The highest BCUT2D eigenvalue weighted by Crippen LogP contribution is 2.41. The van der Waals surface area contributed by atoms with E-state index in [1.807, 2.05) is 67.6 Å². The summed E-state index contributed by atoms with van der Waals surface area (Å²) in [5.41, 5.74) is 4.27. The molecule has 0 aliphatic heterocycles. The van der Waals surface area contributed by atoms with Crippen LogP contribution in [-0.2, 0) is 17.2 Å². The molecule has 0 heterocycles. The fourth-order valence-corrected chi connectivity index (χ4v) is 5.46. The molecule has 0 spiro atoms. The maximum atomic E-state index is 13.6. The Morgan fingerprint density at radius 1 is 0.868 bits per heavy atom. The van der Waals surface area contributed by atoms with Gasteiger partial charge in [0.1, 0.15) is 22.9 Å². The van der Waals surface area contributed by atoms with Crippen molar-refractivity contribution in [3.05, 3.63) is 107 Å². The summed E-state index contributed by atoms with van der Waals surface area (Å²) in [7, 11) is 3.43. The Morgan fingerprint density at radius 2 is 1.50 bits per heavy atom. The van der Waals surface area contributed by atoms with Crippen molar-refractivity contribution >= 4 is 16.5 Å². The lowest BCUT2D eigenvalue weighted by atomic mass is 9.97. The van der Waals surface area contributed by atoms with Crippen LogP contribution in [-0.4, -0.2) is 25.5 Å². The molecule has 0 fully saturated rings. The standard InChI is InChI=1S/C31H30N2O4S/c1-21-9-15-26(16-10-21)38(34)30-8-6-5-7-24(30)17-27(23-13-11-22(20-32)12-14-23)33-31-28(36-3)18-25(35-2)19-29(31)37-4/h5-16,18-19,27,33H,17H2,1-4H3/t27-,38?/m1/s1. The molecular formula is C31H30N2O4S. The predicted molar refractivity (Wildman–Crippen MR) is 150 cm³/mol. The highest BCUT2D eigenvalue weighted by Gasteiger charge is 2.22. The van der Waals surface area contributed by atoms with Crippen LogP contribution >= 0.6 is 0 Å². The Labute approximate surface area is 226 Å². The molecule has 0 aliphatic carbocycles. The second-order valence-electron chi connectivity index (χ2n) is 8.73. The largest absolute Gasteiger partial charge is 0.496 e. The van der Waals surface area contributed by atoms with E-state index >= 15 is 0 Å². The van der Waals surface area contributed by atoms with E-state index in [2.05, 4.69) is 11.4 Å². The molecular weight excluding hydrogens is 496 g/mol. The molecule has 4 aromatic carbocycles. The van der Waals surface area contributed by atoms with Crippen LogP contribution in [0.3, 0.4) is 0 Å². The maximum absolute atomic E-state index is 13.6. The third kappa shape index (κ3) is 5.99. The van der Waals surface area contributed by atoms with Crippen molar-refractivity contribution in [2.45, 2.75) is 29.2 Å². The molecule has 1 N–H and O–H groups in total. The van der Waals surface area contributed by atoms with Crippen molar-refractivity contribution in [1.29, 1.82) is 5.26 Å². The number of rotatable bonds is 10. The number of nitriles is 1. The monoisotopic (exact) mass is 526 g/mol. The van der Waals surface area contributed by atoms with Gasteiger partial charge in [0, 0.05) is 21.9 Å². The molecule has 6 nitrogen and oxygen atoms in total. The van der Waals surface area contributed by atoms with Gasteiger partial charge in [0.15, 0.2) is 0 Å². The molecule has 7 heteroatoms. The van der Waals surface area contributed by atoms with E-state index in [0.29, 0.717) is 34.9 Å². The van der Waals surface area contributed by atoms with Gasteiger partial charge in [-0.25, -0.2) is 4.21 Å². The number of ether oxygens (including phenoxy) is 3. The van der Waals surface area contributed by atoms with Crippen LogP contribution in [0, 0.1) is 18.3 Å². The fraction of sp³-hybridized carbons (Fsp3) is 0.194. The number of nitrogens with zero attached hydrogens (tertiary/aromatic N) is 1. The molecule has 0 bridgehead atoms. The second kappa shape index (κ2) is 12.3. The SMILES string of the molecule is COc1cc(OC)c(N[C@H](Cc2ccccc2S(=O)c2ccc(C)cc2)c2ccc(C#N)cc2)c(OC)c1. The first-order valence-corrected chi connectivity index (χ1v) is 13.2. The van der Waals surface area contributed by atoms with Crippen LogP contribution in [0.4, 0.5) is 5.69 Å². The molecule has 2 atom stereocenters. The van der Waals surface area contributed by atoms with Crippen LogP contribution in [0.5, 0.6) is 17.2 Å². The highest BCUT2D eigenvalue weighted by molar-refractivity contribution is 7.85. The quantitative estimate of drug-likeness (QED) is 0.256. The Kier molecular flexibility index (Phi) is 8.67. The minimum atomic E-state index is -1.34. The lowest BCUT2D eigenvalue weighted by Gasteiger charge is -2.25. The van der Waals surface area contributed by atoms with E-state index in [4.69, 9.17) is 14.2 Å². The number of aryl methyl sites for hydroxylation is 1. The summed E-state index contributed by atoms with van der Waals surface area (Å²) in [5, 5.41) is 12.9. The molecule has 0 saturated carbocycles. The number of hydrogen-bond acceptors (Lipinski definition) is 6. The molecule has 38 heavy (non-hydrogen) atoms. The van der Waals surface area contributed by atoms with Gasteiger partial charge in [-0.15, -0.1) is 0 Å². The van der Waals surface area contributed by atoms with Gasteiger partial charge < -0.3 is 19.5 Å². The lowest BCUT2D eigenvalue weighted by molar-refractivity contribution is 0.377. The van der Waals surface area contributed by atoms with Gasteiger partial charge in [0.05, 0.1) is 49.8 Å². The van der Waals surface area contributed by atoms with Crippen LogP contribution in [0.1, 0.15) is 28.3 Å². The van der Waals surface area contributed by atoms with E-state index in [1.54, 1.807) is 45.6 Å². The lowest BCUT2D eigenvalue weighted by Crippen LogP contribution is -2.16. The average Bonchev–Trinajstić information content (AvgIpc) is 2.97. The fourth-order valence-electron chi connectivity index (χ4n) is 4.23. The summed E-state index contributed by atoms with van der Waals surface area (Å²) < 4.78 is 30.4.